The Kier molecular flexibility index (Phi) is 4.35. The number of hydrogen-bond donors (Lipinski definition) is 1. The Morgan fingerprint density at radius 1 is 1.39 bits per heavy atom. The van der Waals surface area contributed by atoms with Gasteiger partial charge in [-0.05, 0) is 33.2 Å². The van der Waals surface area contributed by atoms with E-state index < -0.39 is 0 Å². The van der Waals surface area contributed by atoms with Crippen molar-refractivity contribution < 1.29 is 4.52 Å². The normalized spacial score (nSPS) is 20.2. The van der Waals surface area contributed by atoms with E-state index in [9.17, 15) is 0 Å². The summed E-state index contributed by atoms with van der Waals surface area (Å²) in [5, 5.41) is 7.40. The number of hydrogen-bond acceptors (Lipinski definition) is 5. The molecule has 0 spiro atoms. The van der Waals surface area contributed by atoms with Gasteiger partial charge in [0.2, 0.25) is 5.89 Å². The molecule has 0 radical (unpaired) electrons. The third-order valence-corrected chi connectivity index (χ3v) is 3.91. The first-order valence-corrected chi connectivity index (χ1v) is 6.88. The number of nitrogens with one attached hydrogen (secondary N) is 1. The highest BCUT2D eigenvalue weighted by atomic mass is 16.5. The predicted molar refractivity (Wildman–Crippen MR) is 70.3 cm³/mol. The van der Waals surface area contributed by atoms with Gasteiger partial charge in [0, 0.05) is 25.0 Å². The highest BCUT2D eigenvalue weighted by Crippen LogP contribution is 2.22. The molecule has 0 bridgehead atoms. The minimum absolute atomic E-state index is 0.290. The fraction of sp³-hybridized carbons (Fsp3) is 0.846. The van der Waals surface area contributed by atoms with Gasteiger partial charge in [0.25, 0.3) is 0 Å². The van der Waals surface area contributed by atoms with Crippen LogP contribution in [-0.4, -0.2) is 40.7 Å². The fourth-order valence-corrected chi connectivity index (χ4v) is 2.33. The first-order valence-electron chi connectivity index (χ1n) is 6.88. The Balaban J connectivity index is 1.83. The van der Waals surface area contributed by atoms with Gasteiger partial charge >= 0.3 is 0 Å². The minimum atomic E-state index is 0.290. The Bertz CT molecular complexity index is 369. The van der Waals surface area contributed by atoms with E-state index >= 15 is 0 Å². The molecule has 0 aromatic carbocycles. The fourth-order valence-electron chi connectivity index (χ4n) is 2.33. The Morgan fingerprint density at radius 3 is 2.72 bits per heavy atom. The van der Waals surface area contributed by atoms with E-state index in [1.165, 1.54) is 12.8 Å². The highest BCUT2D eigenvalue weighted by molar-refractivity contribution is 4.91. The number of piperidine rings is 1. The third-order valence-electron chi connectivity index (χ3n) is 3.91. The van der Waals surface area contributed by atoms with Crippen molar-refractivity contribution in [3.8, 4) is 0 Å². The number of likely N-dealkylation sites (tertiary alicyclic amines) is 1. The molecule has 1 N–H and O–H groups in total. The van der Waals surface area contributed by atoms with Crippen LogP contribution < -0.4 is 5.32 Å². The zero-order valence-electron chi connectivity index (χ0n) is 11.7. The molecule has 1 fully saturated rings. The van der Waals surface area contributed by atoms with Crippen molar-refractivity contribution in [2.24, 2.45) is 0 Å². The van der Waals surface area contributed by atoms with Crippen LogP contribution in [0.3, 0.4) is 0 Å². The van der Waals surface area contributed by atoms with E-state index in [-0.39, 0.29) is 0 Å². The van der Waals surface area contributed by atoms with Crippen LogP contribution in [0.5, 0.6) is 0 Å². The number of rotatable bonds is 5. The van der Waals surface area contributed by atoms with Gasteiger partial charge in [-0.25, -0.2) is 0 Å². The summed E-state index contributed by atoms with van der Waals surface area (Å²) in [6.07, 6.45) is 4.30. The molecular formula is C13H24N4O. The lowest BCUT2D eigenvalue weighted by Crippen LogP contribution is -2.49. The van der Waals surface area contributed by atoms with Gasteiger partial charge in [0.15, 0.2) is 5.82 Å². The maximum absolute atomic E-state index is 5.28. The Morgan fingerprint density at radius 2 is 2.11 bits per heavy atom. The molecule has 5 nitrogen and oxygen atoms in total. The molecule has 1 saturated heterocycles. The summed E-state index contributed by atoms with van der Waals surface area (Å²) in [6.45, 7) is 7.37. The molecule has 102 valence electrons. The van der Waals surface area contributed by atoms with Gasteiger partial charge in [-0.2, -0.15) is 4.98 Å². The van der Waals surface area contributed by atoms with E-state index in [0.717, 1.165) is 44.2 Å². The van der Waals surface area contributed by atoms with Crippen LogP contribution in [0.1, 0.15) is 44.8 Å². The largest absolute Gasteiger partial charge is 0.338 e. The molecular weight excluding hydrogens is 228 g/mol. The first-order chi connectivity index (χ1) is 8.65. The Hall–Kier alpha value is -0.940. The zero-order valence-corrected chi connectivity index (χ0v) is 11.7. The van der Waals surface area contributed by atoms with E-state index in [1.807, 2.05) is 7.05 Å². The van der Waals surface area contributed by atoms with Crippen LogP contribution in [-0.2, 0) is 13.0 Å². The van der Waals surface area contributed by atoms with Crippen LogP contribution in [0.2, 0.25) is 0 Å². The molecule has 0 aliphatic carbocycles. The summed E-state index contributed by atoms with van der Waals surface area (Å²) in [5.41, 5.74) is 0.290. The van der Waals surface area contributed by atoms with Crippen molar-refractivity contribution in [1.82, 2.24) is 20.4 Å². The molecule has 5 heteroatoms. The van der Waals surface area contributed by atoms with E-state index in [1.54, 1.807) is 0 Å². The van der Waals surface area contributed by atoms with Crippen LogP contribution in [0.15, 0.2) is 4.52 Å². The molecule has 0 amide bonds. The number of aromatic nitrogens is 2. The lowest BCUT2D eigenvalue weighted by Gasteiger charge is -2.38. The molecule has 2 heterocycles. The summed E-state index contributed by atoms with van der Waals surface area (Å²) in [7, 11) is 2.05. The molecule has 0 saturated carbocycles. The van der Waals surface area contributed by atoms with Gasteiger partial charge in [-0.3, -0.25) is 4.90 Å². The predicted octanol–water partition coefficient (Wildman–Crippen LogP) is 1.60. The van der Waals surface area contributed by atoms with Crippen molar-refractivity contribution in [1.29, 1.82) is 0 Å². The molecule has 1 aromatic heterocycles. The standard InChI is InChI=1S/C13H24N4O/c1-4-5-11-15-12(18-16-11)10-17-8-6-13(2,14-3)7-9-17/h14H,4-10H2,1-3H3. The van der Waals surface area contributed by atoms with Crippen molar-refractivity contribution >= 4 is 0 Å². The second-order valence-corrected chi connectivity index (χ2v) is 5.44. The highest BCUT2D eigenvalue weighted by Gasteiger charge is 2.28. The summed E-state index contributed by atoms with van der Waals surface area (Å²) in [5.74, 6) is 1.59. The third kappa shape index (κ3) is 3.29. The van der Waals surface area contributed by atoms with Crippen molar-refractivity contribution in [3.05, 3.63) is 11.7 Å². The lowest BCUT2D eigenvalue weighted by atomic mass is 9.90. The molecule has 1 aromatic rings. The second kappa shape index (κ2) is 5.80. The van der Waals surface area contributed by atoms with Crippen LogP contribution in [0.25, 0.3) is 0 Å². The average Bonchev–Trinajstić information content (AvgIpc) is 2.81. The van der Waals surface area contributed by atoms with Crippen LogP contribution in [0.4, 0.5) is 0 Å². The monoisotopic (exact) mass is 252 g/mol. The van der Waals surface area contributed by atoms with Crippen molar-refractivity contribution in [2.45, 2.75) is 51.6 Å². The quantitative estimate of drug-likeness (QED) is 0.862. The average molecular weight is 252 g/mol. The Labute approximate surface area is 109 Å². The smallest absolute Gasteiger partial charge is 0.240 e. The van der Waals surface area contributed by atoms with E-state index in [2.05, 4.69) is 34.2 Å². The van der Waals surface area contributed by atoms with Crippen LogP contribution in [0, 0.1) is 0 Å². The van der Waals surface area contributed by atoms with E-state index in [4.69, 9.17) is 4.52 Å². The lowest BCUT2D eigenvalue weighted by molar-refractivity contribution is 0.133. The van der Waals surface area contributed by atoms with Crippen molar-refractivity contribution in [2.75, 3.05) is 20.1 Å². The molecule has 0 unspecified atom stereocenters. The van der Waals surface area contributed by atoms with Crippen LogP contribution >= 0.6 is 0 Å². The zero-order chi connectivity index (χ0) is 13.0. The molecule has 0 atom stereocenters. The summed E-state index contributed by atoms with van der Waals surface area (Å²) in [6, 6.07) is 0. The van der Waals surface area contributed by atoms with Gasteiger partial charge < -0.3 is 9.84 Å². The number of aryl methyl sites for hydroxylation is 1. The molecule has 1 aliphatic rings. The molecule has 1 aliphatic heterocycles. The first kappa shape index (κ1) is 13.5. The van der Waals surface area contributed by atoms with Gasteiger partial charge in [0.1, 0.15) is 0 Å². The summed E-state index contributed by atoms with van der Waals surface area (Å²) < 4.78 is 5.28. The molecule has 2 rings (SSSR count). The van der Waals surface area contributed by atoms with Crippen molar-refractivity contribution in [3.63, 3.8) is 0 Å². The van der Waals surface area contributed by atoms with Gasteiger partial charge in [-0.15, -0.1) is 0 Å². The van der Waals surface area contributed by atoms with E-state index in [0.29, 0.717) is 5.54 Å². The summed E-state index contributed by atoms with van der Waals surface area (Å²) >= 11 is 0. The topological polar surface area (TPSA) is 54.2 Å². The summed E-state index contributed by atoms with van der Waals surface area (Å²) in [4.78, 5) is 6.81. The number of nitrogens with zero attached hydrogens (tertiary/aromatic N) is 3. The van der Waals surface area contributed by atoms with Gasteiger partial charge in [-0.1, -0.05) is 12.1 Å². The minimum Gasteiger partial charge on any atom is -0.338 e. The maximum atomic E-state index is 5.28. The molecule has 18 heavy (non-hydrogen) atoms. The second-order valence-electron chi connectivity index (χ2n) is 5.44. The maximum Gasteiger partial charge on any atom is 0.240 e. The van der Waals surface area contributed by atoms with Gasteiger partial charge in [0.05, 0.1) is 6.54 Å². The SMILES string of the molecule is CCCc1noc(CN2CCC(C)(NC)CC2)n1.